The van der Waals surface area contributed by atoms with E-state index in [1.165, 1.54) is 42.4 Å². The number of nitrogens with one attached hydrogen (secondary N) is 1. The molecule has 1 atom stereocenters. The maximum atomic E-state index is 3.60. The Morgan fingerprint density at radius 1 is 1.10 bits per heavy atom. The summed E-state index contributed by atoms with van der Waals surface area (Å²) in [5.41, 5.74) is 4.30. The fraction of sp³-hybridized carbons (Fsp3) is 0.474. The molecule has 1 aromatic heterocycles. The molecule has 2 aromatic rings. The van der Waals surface area contributed by atoms with Crippen molar-refractivity contribution in [3.05, 3.63) is 57.8 Å². The third kappa shape index (κ3) is 6.03. The van der Waals surface area contributed by atoms with Crippen LogP contribution in [0.15, 0.2) is 41.1 Å². The molecule has 0 radical (unpaired) electrons. The van der Waals surface area contributed by atoms with E-state index in [1.807, 2.05) is 0 Å². The molecule has 0 amide bonds. The molecule has 0 aliphatic heterocycles. The van der Waals surface area contributed by atoms with Crippen LogP contribution < -0.4 is 5.32 Å². The highest BCUT2D eigenvalue weighted by molar-refractivity contribution is 7.07. The van der Waals surface area contributed by atoms with Crippen molar-refractivity contribution in [3.63, 3.8) is 0 Å². The Bertz CT molecular complexity index is 487. The smallest absolute Gasteiger partial charge is 0.00172 e. The topological polar surface area (TPSA) is 12.0 Å². The second-order valence-corrected chi connectivity index (χ2v) is 6.71. The SMILES string of the molecule is CCCNCC(CCc1ccsc1)Cc1ccc(C)cc1. The Kier molecular flexibility index (Phi) is 6.98. The van der Waals surface area contributed by atoms with E-state index >= 15 is 0 Å². The highest BCUT2D eigenvalue weighted by atomic mass is 32.1. The summed E-state index contributed by atoms with van der Waals surface area (Å²) < 4.78 is 0. The van der Waals surface area contributed by atoms with E-state index in [-0.39, 0.29) is 0 Å². The first kappa shape index (κ1) is 16.3. The van der Waals surface area contributed by atoms with Gasteiger partial charge in [-0.2, -0.15) is 11.3 Å². The molecule has 0 spiro atoms. The van der Waals surface area contributed by atoms with Gasteiger partial charge in [0.15, 0.2) is 0 Å². The third-order valence-corrected chi connectivity index (χ3v) is 4.66. The van der Waals surface area contributed by atoms with Gasteiger partial charge in [-0.1, -0.05) is 36.8 Å². The fourth-order valence-corrected chi connectivity index (χ4v) is 3.33. The summed E-state index contributed by atoms with van der Waals surface area (Å²) in [7, 11) is 0. The van der Waals surface area contributed by atoms with Crippen LogP contribution in [-0.2, 0) is 12.8 Å². The van der Waals surface area contributed by atoms with E-state index in [0.717, 1.165) is 19.0 Å². The minimum atomic E-state index is 0.721. The predicted molar refractivity (Wildman–Crippen MR) is 94.2 cm³/mol. The first-order valence-electron chi connectivity index (χ1n) is 8.05. The van der Waals surface area contributed by atoms with Gasteiger partial charge in [0.1, 0.15) is 0 Å². The first-order chi connectivity index (χ1) is 10.3. The second kappa shape index (κ2) is 9.01. The van der Waals surface area contributed by atoms with Crippen LogP contribution >= 0.6 is 11.3 Å². The molecule has 2 heteroatoms. The molecule has 2 rings (SSSR count). The van der Waals surface area contributed by atoms with E-state index in [0.29, 0.717) is 0 Å². The van der Waals surface area contributed by atoms with Crippen molar-refractivity contribution in [1.82, 2.24) is 5.32 Å². The van der Waals surface area contributed by atoms with Crippen molar-refractivity contribution in [3.8, 4) is 0 Å². The fourth-order valence-electron chi connectivity index (χ4n) is 2.62. The van der Waals surface area contributed by atoms with E-state index in [2.05, 4.69) is 60.3 Å². The summed E-state index contributed by atoms with van der Waals surface area (Å²) in [5.74, 6) is 0.721. The molecule has 1 aromatic carbocycles. The van der Waals surface area contributed by atoms with Gasteiger partial charge in [-0.3, -0.25) is 0 Å². The first-order valence-corrected chi connectivity index (χ1v) is 8.99. The molecule has 114 valence electrons. The molecule has 0 aliphatic carbocycles. The largest absolute Gasteiger partial charge is 0.316 e. The Morgan fingerprint density at radius 2 is 1.90 bits per heavy atom. The maximum Gasteiger partial charge on any atom is -0.00172 e. The highest BCUT2D eigenvalue weighted by Gasteiger charge is 2.10. The van der Waals surface area contributed by atoms with Crippen molar-refractivity contribution in [2.75, 3.05) is 13.1 Å². The van der Waals surface area contributed by atoms with Crippen molar-refractivity contribution in [2.24, 2.45) is 5.92 Å². The molecule has 1 unspecified atom stereocenters. The average molecular weight is 301 g/mol. The van der Waals surface area contributed by atoms with E-state index in [4.69, 9.17) is 0 Å². The van der Waals surface area contributed by atoms with Gasteiger partial charge < -0.3 is 5.32 Å². The van der Waals surface area contributed by atoms with Gasteiger partial charge in [-0.05, 0) is 79.6 Å². The van der Waals surface area contributed by atoms with Gasteiger partial charge in [0.2, 0.25) is 0 Å². The van der Waals surface area contributed by atoms with Gasteiger partial charge in [0.05, 0.1) is 0 Å². The summed E-state index contributed by atoms with van der Waals surface area (Å²) in [6.07, 6.45) is 4.86. The average Bonchev–Trinajstić information content (AvgIpc) is 3.00. The lowest BCUT2D eigenvalue weighted by Gasteiger charge is -2.18. The van der Waals surface area contributed by atoms with Crippen LogP contribution in [0.3, 0.4) is 0 Å². The van der Waals surface area contributed by atoms with Crippen molar-refractivity contribution >= 4 is 11.3 Å². The number of benzene rings is 1. The Hall–Kier alpha value is -1.12. The maximum absolute atomic E-state index is 3.60. The second-order valence-electron chi connectivity index (χ2n) is 5.93. The molecule has 1 heterocycles. The lowest BCUT2D eigenvalue weighted by molar-refractivity contribution is 0.444. The Balaban J connectivity index is 1.88. The zero-order valence-corrected chi connectivity index (χ0v) is 14.1. The summed E-state index contributed by atoms with van der Waals surface area (Å²) >= 11 is 1.80. The van der Waals surface area contributed by atoms with Gasteiger partial charge in [0.25, 0.3) is 0 Å². The standard InChI is InChI=1S/C19H27NS/c1-3-11-20-14-19(9-8-18-10-12-21-15-18)13-17-6-4-16(2)5-7-17/h4-7,10,12,15,19-20H,3,8-9,11,13-14H2,1-2H3. The summed E-state index contributed by atoms with van der Waals surface area (Å²) in [4.78, 5) is 0. The number of hydrogen-bond donors (Lipinski definition) is 1. The number of hydrogen-bond acceptors (Lipinski definition) is 2. The van der Waals surface area contributed by atoms with Gasteiger partial charge in [0, 0.05) is 0 Å². The predicted octanol–water partition coefficient (Wildman–Crippen LogP) is 4.85. The number of thiophene rings is 1. The third-order valence-electron chi connectivity index (χ3n) is 3.93. The van der Waals surface area contributed by atoms with Crippen LogP contribution in [0, 0.1) is 12.8 Å². The van der Waals surface area contributed by atoms with E-state index in [1.54, 1.807) is 11.3 Å². The lowest BCUT2D eigenvalue weighted by Crippen LogP contribution is -2.25. The number of aryl methyl sites for hydroxylation is 2. The Morgan fingerprint density at radius 3 is 2.57 bits per heavy atom. The molecule has 0 aliphatic rings. The summed E-state index contributed by atoms with van der Waals surface area (Å²) in [6.45, 7) is 6.64. The monoisotopic (exact) mass is 301 g/mol. The van der Waals surface area contributed by atoms with Crippen LogP contribution in [0.25, 0.3) is 0 Å². The number of rotatable bonds is 9. The van der Waals surface area contributed by atoms with Crippen molar-refractivity contribution in [1.29, 1.82) is 0 Å². The zero-order valence-electron chi connectivity index (χ0n) is 13.3. The molecule has 0 saturated carbocycles. The molecule has 1 N–H and O–H groups in total. The van der Waals surface area contributed by atoms with Crippen LogP contribution in [0.1, 0.15) is 36.5 Å². The Labute approximate surface area is 133 Å². The normalized spacial score (nSPS) is 12.5. The van der Waals surface area contributed by atoms with E-state index in [9.17, 15) is 0 Å². The van der Waals surface area contributed by atoms with Crippen LogP contribution in [0.5, 0.6) is 0 Å². The van der Waals surface area contributed by atoms with Crippen molar-refractivity contribution in [2.45, 2.75) is 39.5 Å². The van der Waals surface area contributed by atoms with E-state index < -0.39 is 0 Å². The lowest BCUT2D eigenvalue weighted by atomic mass is 9.93. The highest BCUT2D eigenvalue weighted by Crippen LogP contribution is 2.17. The molecule has 0 fully saturated rings. The summed E-state index contributed by atoms with van der Waals surface area (Å²) in [5, 5.41) is 8.06. The van der Waals surface area contributed by atoms with Crippen molar-refractivity contribution < 1.29 is 0 Å². The minimum Gasteiger partial charge on any atom is -0.316 e. The quantitative estimate of drug-likeness (QED) is 0.653. The molecular weight excluding hydrogens is 274 g/mol. The molecule has 0 saturated heterocycles. The van der Waals surface area contributed by atoms with Gasteiger partial charge in [-0.25, -0.2) is 0 Å². The molecule has 0 bridgehead atoms. The summed E-state index contributed by atoms with van der Waals surface area (Å²) in [6, 6.07) is 11.3. The van der Waals surface area contributed by atoms with Crippen LogP contribution in [0.4, 0.5) is 0 Å². The van der Waals surface area contributed by atoms with Gasteiger partial charge >= 0.3 is 0 Å². The van der Waals surface area contributed by atoms with Crippen LogP contribution in [0.2, 0.25) is 0 Å². The molecular formula is C19H27NS. The molecule has 21 heavy (non-hydrogen) atoms. The zero-order chi connectivity index (χ0) is 14.9. The van der Waals surface area contributed by atoms with Gasteiger partial charge in [-0.15, -0.1) is 0 Å². The molecule has 1 nitrogen and oxygen atoms in total. The minimum absolute atomic E-state index is 0.721. The van der Waals surface area contributed by atoms with Crippen LogP contribution in [-0.4, -0.2) is 13.1 Å².